The van der Waals surface area contributed by atoms with Crippen LogP contribution in [-0.4, -0.2) is 5.11 Å². The first kappa shape index (κ1) is 11.8. The van der Waals surface area contributed by atoms with E-state index in [1.165, 1.54) is 22.4 Å². The van der Waals surface area contributed by atoms with E-state index in [1.54, 1.807) is 0 Å². The summed E-state index contributed by atoms with van der Waals surface area (Å²) in [7, 11) is 0. The standard InChI is InChI=1S/C18H19NO/c1-10-8-15-16(11(2)17(10)20)14-9-12-6-4-5-7-13(12)18(14,3)19-15/h4-8,14,19-20H,9H2,1-3H3/t14-,18-/m1/s1. The van der Waals surface area contributed by atoms with Crippen molar-refractivity contribution >= 4 is 5.69 Å². The van der Waals surface area contributed by atoms with Gasteiger partial charge in [-0.15, -0.1) is 0 Å². The van der Waals surface area contributed by atoms with E-state index in [2.05, 4.69) is 42.6 Å². The Morgan fingerprint density at radius 3 is 2.80 bits per heavy atom. The van der Waals surface area contributed by atoms with E-state index in [0.717, 1.165) is 17.5 Å². The van der Waals surface area contributed by atoms with Gasteiger partial charge in [-0.25, -0.2) is 0 Å². The van der Waals surface area contributed by atoms with Crippen molar-refractivity contribution in [1.82, 2.24) is 0 Å². The molecular formula is C18H19NO. The molecule has 20 heavy (non-hydrogen) atoms. The molecule has 1 aliphatic heterocycles. The monoisotopic (exact) mass is 265 g/mol. The Balaban J connectivity index is 1.95. The lowest BCUT2D eigenvalue weighted by atomic mass is 9.83. The molecule has 0 radical (unpaired) electrons. The topological polar surface area (TPSA) is 32.3 Å². The molecule has 0 saturated carbocycles. The summed E-state index contributed by atoms with van der Waals surface area (Å²) >= 11 is 0. The number of aryl methyl sites for hydroxylation is 1. The van der Waals surface area contributed by atoms with Gasteiger partial charge in [0.2, 0.25) is 0 Å². The zero-order chi connectivity index (χ0) is 14.1. The lowest BCUT2D eigenvalue weighted by Crippen LogP contribution is -2.29. The third-order valence-corrected chi connectivity index (χ3v) is 5.22. The molecule has 1 aliphatic carbocycles. The van der Waals surface area contributed by atoms with Gasteiger partial charge in [0.05, 0.1) is 5.54 Å². The highest BCUT2D eigenvalue weighted by Crippen LogP contribution is 2.57. The maximum absolute atomic E-state index is 10.3. The summed E-state index contributed by atoms with van der Waals surface area (Å²) in [6.07, 6.45) is 1.05. The lowest BCUT2D eigenvalue weighted by Gasteiger charge is -2.27. The van der Waals surface area contributed by atoms with Crippen molar-refractivity contribution in [3.63, 3.8) is 0 Å². The van der Waals surface area contributed by atoms with Crippen LogP contribution in [0, 0.1) is 13.8 Å². The summed E-state index contributed by atoms with van der Waals surface area (Å²) in [6.45, 7) is 6.29. The highest BCUT2D eigenvalue weighted by atomic mass is 16.3. The van der Waals surface area contributed by atoms with Crippen molar-refractivity contribution in [2.24, 2.45) is 0 Å². The minimum Gasteiger partial charge on any atom is -0.507 e. The summed E-state index contributed by atoms with van der Waals surface area (Å²) in [5.41, 5.74) is 7.27. The van der Waals surface area contributed by atoms with Crippen LogP contribution in [0.4, 0.5) is 5.69 Å². The van der Waals surface area contributed by atoms with Gasteiger partial charge in [0, 0.05) is 11.6 Å². The molecule has 2 N–H and O–H groups in total. The van der Waals surface area contributed by atoms with Crippen LogP contribution >= 0.6 is 0 Å². The Morgan fingerprint density at radius 2 is 2.00 bits per heavy atom. The molecule has 2 aromatic carbocycles. The maximum Gasteiger partial charge on any atom is 0.121 e. The summed E-state index contributed by atoms with van der Waals surface area (Å²) in [6, 6.07) is 10.8. The SMILES string of the molecule is Cc1cc2c(c(C)c1O)[C@H]1Cc3ccccc3[C@@]1(C)N2. The predicted molar refractivity (Wildman–Crippen MR) is 81.4 cm³/mol. The Hall–Kier alpha value is -1.96. The van der Waals surface area contributed by atoms with Gasteiger partial charge in [0.15, 0.2) is 0 Å². The zero-order valence-corrected chi connectivity index (χ0v) is 12.1. The molecule has 0 fully saturated rings. The van der Waals surface area contributed by atoms with Crippen LogP contribution in [0.25, 0.3) is 0 Å². The van der Waals surface area contributed by atoms with Crippen LogP contribution in [0.3, 0.4) is 0 Å². The number of aromatic hydroxyl groups is 1. The van der Waals surface area contributed by atoms with Gasteiger partial charge < -0.3 is 10.4 Å². The first-order valence-electron chi connectivity index (χ1n) is 7.22. The van der Waals surface area contributed by atoms with Gasteiger partial charge >= 0.3 is 0 Å². The summed E-state index contributed by atoms with van der Waals surface area (Å²) < 4.78 is 0. The largest absolute Gasteiger partial charge is 0.507 e. The molecule has 0 saturated heterocycles. The minimum absolute atomic E-state index is 0.0378. The van der Waals surface area contributed by atoms with Gasteiger partial charge in [0.1, 0.15) is 5.75 Å². The normalized spacial score (nSPS) is 25.9. The lowest BCUT2D eigenvalue weighted by molar-refractivity contribution is 0.460. The van der Waals surface area contributed by atoms with Crippen molar-refractivity contribution in [2.45, 2.75) is 38.6 Å². The van der Waals surface area contributed by atoms with Crippen molar-refractivity contribution in [2.75, 3.05) is 5.32 Å². The van der Waals surface area contributed by atoms with Gasteiger partial charge in [-0.05, 0) is 61.1 Å². The molecule has 4 rings (SSSR count). The van der Waals surface area contributed by atoms with Crippen LogP contribution in [0.2, 0.25) is 0 Å². The smallest absolute Gasteiger partial charge is 0.121 e. The fourth-order valence-electron chi connectivity index (χ4n) is 4.18. The van der Waals surface area contributed by atoms with E-state index in [4.69, 9.17) is 0 Å². The molecule has 2 nitrogen and oxygen atoms in total. The second-order valence-electron chi connectivity index (χ2n) is 6.37. The van der Waals surface area contributed by atoms with Crippen molar-refractivity contribution in [3.8, 4) is 5.75 Å². The van der Waals surface area contributed by atoms with Gasteiger partial charge in [-0.2, -0.15) is 0 Å². The summed E-state index contributed by atoms with van der Waals surface area (Å²) in [5.74, 6) is 0.868. The number of hydrogen-bond acceptors (Lipinski definition) is 2. The molecule has 2 aliphatic rings. The number of rotatable bonds is 0. The first-order chi connectivity index (χ1) is 9.52. The molecule has 2 atom stereocenters. The van der Waals surface area contributed by atoms with Crippen LogP contribution in [0.5, 0.6) is 5.75 Å². The highest BCUT2D eigenvalue weighted by molar-refractivity contribution is 5.72. The van der Waals surface area contributed by atoms with Gasteiger partial charge in [-0.3, -0.25) is 0 Å². The Morgan fingerprint density at radius 1 is 1.25 bits per heavy atom. The second-order valence-corrected chi connectivity index (χ2v) is 6.37. The Labute approximate surface area is 119 Å². The van der Waals surface area contributed by atoms with E-state index in [0.29, 0.717) is 11.7 Å². The fourth-order valence-corrected chi connectivity index (χ4v) is 4.18. The molecule has 2 aromatic rings. The number of benzene rings is 2. The number of phenolic OH excluding ortho intramolecular Hbond substituents is 1. The number of nitrogens with one attached hydrogen (secondary N) is 1. The zero-order valence-electron chi connectivity index (χ0n) is 12.1. The van der Waals surface area contributed by atoms with Crippen LogP contribution in [-0.2, 0) is 12.0 Å². The van der Waals surface area contributed by atoms with E-state index >= 15 is 0 Å². The van der Waals surface area contributed by atoms with E-state index in [-0.39, 0.29) is 5.54 Å². The minimum atomic E-state index is -0.0378. The molecule has 0 spiro atoms. The van der Waals surface area contributed by atoms with Crippen molar-refractivity contribution < 1.29 is 5.11 Å². The molecule has 0 amide bonds. The van der Waals surface area contributed by atoms with Crippen LogP contribution in [0.15, 0.2) is 30.3 Å². The van der Waals surface area contributed by atoms with E-state index in [9.17, 15) is 5.11 Å². The number of fused-ring (bicyclic) bond motifs is 5. The number of anilines is 1. The van der Waals surface area contributed by atoms with Crippen molar-refractivity contribution in [1.29, 1.82) is 0 Å². The third kappa shape index (κ3) is 1.24. The quantitative estimate of drug-likeness (QED) is 0.706. The third-order valence-electron chi connectivity index (χ3n) is 5.22. The van der Waals surface area contributed by atoms with Gasteiger partial charge in [0.25, 0.3) is 0 Å². The van der Waals surface area contributed by atoms with Crippen LogP contribution in [0.1, 0.15) is 40.7 Å². The molecule has 2 heteroatoms. The fraction of sp³-hybridized carbons (Fsp3) is 0.333. The predicted octanol–water partition coefficient (Wildman–Crippen LogP) is 3.99. The molecule has 1 heterocycles. The molecule has 0 aromatic heterocycles. The number of hydrogen-bond donors (Lipinski definition) is 2. The molecule has 0 bridgehead atoms. The first-order valence-corrected chi connectivity index (χ1v) is 7.22. The average molecular weight is 265 g/mol. The van der Waals surface area contributed by atoms with E-state index in [1.807, 2.05) is 13.8 Å². The van der Waals surface area contributed by atoms with Crippen LogP contribution < -0.4 is 5.32 Å². The molecule has 102 valence electrons. The van der Waals surface area contributed by atoms with Crippen molar-refractivity contribution in [3.05, 3.63) is 58.1 Å². The summed E-state index contributed by atoms with van der Waals surface area (Å²) in [4.78, 5) is 0. The summed E-state index contributed by atoms with van der Waals surface area (Å²) in [5, 5.41) is 14.0. The average Bonchev–Trinajstić information content (AvgIpc) is 2.85. The molecular weight excluding hydrogens is 246 g/mol. The highest BCUT2D eigenvalue weighted by Gasteiger charge is 2.49. The maximum atomic E-state index is 10.3. The Kier molecular flexibility index (Phi) is 2.11. The van der Waals surface area contributed by atoms with E-state index < -0.39 is 0 Å². The molecule has 0 unspecified atom stereocenters. The second kappa shape index (κ2) is 3.57. The van der Waals surface area contributed by atoms with Gasteiger partial charge in [-0.1, -0.05) is 24.3 Å². The number of phenols is 1. The Bertz CT molecular complexity index is 734.